The number of amides is 1. The fraction of sp³-hybridized carbons (Fsp3) is 0.304. The second kappa shape index (κ2) is 9.88. The van der Waals surface area contributed by atoms with E-state index in [0.717, 1.165) is 19.2 Å². The van der Waals surface area contributed by atoms with Crippen LogP contribution >= 0.6 is 11.6 Å². The van der Waals surface area contributed by atoms with Gasteiger partial charge in [0.25, 0.3) is 5.91 Å². The number of nitrogens with one attached hydrogen (secondary N) is 1. The summed E-state index contributed by atoms with van der Waals surface area (Å²) in [6.45, 7) is 0. The van der Waals surface area contributed by atoms with Crippen molar-refractivity contribution < 1.29 is 45.1 Å². The van der Waals surface area contributed by atoms with Crippen LogP contribution in [-0.4, -0.2) is 25.0 Å². The number of esters is 1. The molecule has 3 atom stereocenters. The normalized spacial score (nSPS) is 18.9. The van der Waals surface area contributed by atoms with E-state index in [1.54, 1.807) is 6.08 Å². The molecular formula is C23H17ClF7NO3. The molecule has 0 spiro atoms. The first-order chi connectivity index (χ1) is 16.2. The summed E-state index contributed by atoms with van der Waals surface area (Å²) in [5.74, 6) is -4.09. The largest absolute Gasteiger partial charge is 0.469 e. The molecule has 1 aliphatic carbocycles. The van der Waals surface area contributed by atoms with E-state index in [0.29, 0.717) is 12.1 Å². The summed E-state index contributed by atoms with van der Waals surface area (Å²) in [5.41, 5.74) is -3.80. The van der Waals surface area contributed by atoms with Crippen molar-refractivity contribution in [2.24, 2.45) is 5.92 Å². The quantitative estimate of drug-likeness (QED) is 0.291. The van der Waals surface area contributed by atoms with Crippen molar-refractivity contribution in [3.05, 3.63) is 81.6 Å². The summed E-state index contributed by atoms with van der Waals surface area (Å²) in [4.78, 5) is 25.0. The molecule has 0 aromatic heterocycles. The molecule has 0 saturated heterocycles. The van der Waals surface area contributed by atoms with Gasteiger partial charge in [-0.15, -0.1) is 0 Å². The number of allylic oxidation sites excluding steroid dienone is 1. The van der Waals surface area contributed by atoms with Gasteiger partial charge in [0.2, 0.25) is 0 Å². The number of rotatable bonds is 5. The summed E-state index contributed by atoms with van der Waals surface area (Å²) in [5, 5.41) is 2.33. The molecule has 1 N–H and O–H groups in total. The predicted molar refractivity (Wildman–Crippen MR) is 111 cm³/mol. The van der Waals surface area contributed by atoms with Crippen LogP contribution in [0.4, 0.5) is 30.7 Å². The lowest BCUT2D eigenvalue weighted by Gasteiger charge is -2.23. The zero-order chi connectivity index (χ0) is 26.1. The Balaban J connectivity index is 1.82. The fourth-order valence-electron chi connectivity index (χ4n) is 3.83. The highest BCUT2D eigenvalue weighted by molar-refractivity contribution is 6.31. The Bertz CT molecular complexity index is 1130. The Morgan fingerprint density at radius 2 is 1.60 bits per heavy atom. The van der Waals surface area contributed by atoms with Gasteiger partial charge in [0.15, 0.2) is 0 Å². The highest BCUT2D eigenvalue weighted by atomic mass is 35.5. The molecule has 0 bridgehead atoms. The molecule has 0 radical (unpaired) electrons. The second-order valence-electron chi connectivity index (χ2n) is 7.83. The SMILES string of the molecule is COC(=O)[C@H](c1ccc(F)cc1Cl)[C@H]1C=C[C@H](NC(=O)c2cc(C(F)(F)F)cc(C(F)(F)F)c2)C1. The molecule has 35 heavy (non-hydrogen) atoms. The Hall–Kier alpha value is -3.08. The number of ether oxygens (including phenoxy) is 1. The molecule has 0 aliphatic heterocycles. The number of halogens is 8. The third kappa shape index (κ3) is 6.14. The average molecular weight is 524 g/mol. The first-order valence-corrected chi connectivity index (χ1v) is 10.4. The van der Waals surface area contributed by atoms with Crippen molar-refractivity contribution in [3.63, 3.8) is 0 Å². The van der Waals surface area contributed by atoms with Crippen molar-refractivity contribution in [2.45, 2.75) is 30.7 Å². The van der Waals surface area contributed by atoms with E-state index in [2.05, 4.69) is 5.32 Å². The molecule has 12 heteroatoms. The van der Waals surface area contributed by atoms with Crippen LogP contribution in [0, 0.1) is 11.7 Å². The lowest BCUT2D eigenvalue weighted by Crippen LogP contribution is -2.34. The van der Waals surface area contributed by atoms with Gasteiger partial charge in [-0.3, -0.25) is 9.59 Å². The molecule has 0 unspecified atom stereocenters. The number of alkyl halides is 6. The van der Waals surface area contributed by atoms with Crippen LogP contribution < -0.4 is 5.32 Å². The molecule has 4 nitrogen and oxygen atoms in total. The minimum atomic E-state index is -5.10. The molecule has 188 valence electrons. The van der Waals surface area contributed by atoms with Crippen molar-refractivity contribution in [2.75, 3.05) is 7.11 Å². The number of methoxy groups -OCH3 is 1. The van der Waals surface area contributed by atoms with Crippen LogP contribution in [0.1, 0.15) is 39.4 Å². The summed E-state index contributed by atoms with van der Waals surface area (Å²) in [6.07, 6.45) is -7.15. The minimum Gasteiger partial charge on any atom is -0.469 e. The van der Waals surface area contributed by atoms with E-state index in [1.807, 2.05) is 0 Å². The van der Waals surface area contributed by atoms with Gasteiger partial charge in [-0.1, -0.05) is 29.8 Å². The van der Waals surface area contributed by atoms with Gasteiger partial charge in [-0.25, -0.2) is 4.39 Å². The van der Waals surface area contributed by atoms with Crippen LogP contribution in [-0.2, 0) is 21.9 Å². The van der Waals surface area contributed by atoms with Crippen molar-refractivity contribution in [1.29, 1.82) is 0 Å². The van der Waals surface area contributed by atoms with Gasteiger partial charge < -0.3 is 10.1 Å². The maximum atomic E-state index is 13.4. The number of carbonyl (C=O) groups is 2. The van der Waals surface area contributed by atoms with Crippen LogP contribution in [0.3, 0.4) is 0 Å². The molecule has 1 aliphatic rings. The molecule has 0 heterocycles. The number of benzene rings is 2. The Morgan fingerprint density at radius 1 is 1.00 bits per heavy atom. The third-order valence-electron chi connectivity index (χ3n) is 5.46. The Labute approximate surface area is 199 Å². The van der Waals surface area contributed by atoms with Crippen LogP contribution in [0.5, 0.6) is 0 Å². The second-order valence-corrected chi connectivity index (χ2v) is 8.23. The molecular weight excluding hydrogens is 507 g/mol. The third-order valence-corrected chi connectivity index (χ3v) is 5.79. The molecule has 0 saturated carbocycles. The monoisotopic (exact) mass is 523 g/mol. The standard InChI is InChI=1S/C23H17ClF7NO3/c1-35-21(34)19(17-5-3-15(25)10-18(17)24)11-2-4-16(8-11)32-20(33)12-6-13(22(26,27)28)9-14(7-12)23(29,30)31/h2-7,9-11,16,19H,8H2,1H3,(H,32,33)/t11-,16-,19-/m0/s1. The van der Waals surface area contributed by atoms with E-state index < -0.39 is 64.6 Å². The predicted octanol–water partition coefficient (Wildman–Crippen LogP) is 6.15. The maximum Gasteiger partial charge on any atom is 0.416 e. The van der Waals surface area contributed by atoms with Crippen LogP contribution in [0.25, 0.3) is 0 Å². The first kappa shape index (κ1) is 26.5. The molecule has 3 rings (SSSR count). The van der Waals surface area contributed by atoms with Gasteiger partial charge in [0.05, 0.1) is 24.2 Å². The maximum absolute atomic E-state index is 13.4. The lowest BCUT2D eigenvalue weighted by molar-refractivity contribution is -0.144. The van der Waals surface area contributed by atoms with Gasteiger partial charge in [-0.2, -0.15) is 26.3 Å². The zero-order valence-corrected chi connectivity index (χ0v) is 18.6. The summed E-state index contributed by atoms with van der Waals surface area (Å²) >= 11 is 6.08. The average Bonchev–Trinajstić information content (AvgIpc) is 3.21. The smallest absolute Gasteiger partial charge is 0.416 e. The Morgan fingerprint density at radius 3 is 2.11 bits per heavy atom. The molecule has 2 aromatic rings. The van der Waals surface area contributed by atoms with E-state index in [9.17, 15) is 40.3 Å². The summed E-state index contributed by atoms with van der Waals surface area (Å²) < 4.78 is 96.8. The van der Waals surface area contributed by atoms with Gasteiger partial charge in [0, 0.05) is 16.6 Å². The summed E-state index contributed by atoms with van der Waals surface area (Å²) in [7, 11) is 1.14. The molecule has 2 aromatic carbocycles. The van der Waals surface area contributed by atoms with Gasteiger partial charge in [0.1, 0.15) is 5.82 Å². The van der Waals surface area contributed by atoms with Crippen molar-refractivity contribution >= 4 is 23.5 Å². The van der Waals surface area contributed by atoms with Crippen molar-refractivity contribution in [1.82, 2.24) is 5.32 Å². The highest BCUT2D eigenvalue weighted by Gasteiger charge is 2.38. The first-order valence-electron chi connectivity index (χ1n) is 10.0. The fourth-order valence-corrected chi connectivity index (χ4v) is 4.12. The van der Waals surface area contributed by atoms with Crippen molar-refractivity contribution in [3.8, 4) is 0 Å². The topological polar surface area (TPSA) is 55.4 Å². The molecule has 0 fully saturated rings. The summed E-state index contributed by atoms with van der Waals surface area (Å²) in [6, 6.07) is 3.18. The van der Waals surface area contributed by atoms with E-state index in [-0.39, 0.29) is 23.1 Å². The van der Waals surface area contributed by atoms with Crippen LogP contribution in [0.2, 0.25) is 5.02 Å². The number of carbonyl (C=O) groups excluding carboxylic acids is 2. The van der Waals surface area contributed by atoms with E-state index in [4.69, 9.17) is 16.3 Å². The van der Waals surface area contributed by atoms with Gasteiger partial charge in [-0.05, 0) is 48.2 Å². The molecule has 1 amide bonds. The van der Waals surface area contributed by atoms with Crippen LogP contribution in [0.15, 0.2) is 48.6 Å². The number of hydrogen-bond donors (Lipinski definition) is 1. The van der Waals surface area contributed by atoms with E-state index >= 15 is 0 Å². The lowest BCUT2D eigenvalue weighted by atomic mass is 9.85. The Kier molecular flexibility index (Phi) is 7.49. The van der Waals surface area contributed by atoms with E-state index in [1.165, 1.54) is 12.1 Å². The zero-order valence-electron chi connectivity index (χ0n) is 17.8. The van der Waals surface area contributed by atoms with Gasteiger partial charge >= 0.3 is 18.3 Å². The number of hydrogen-bond acceptors (Lipinski definition) is 3. The minimum absolute atomic E-state index is 0.0371. The highest BCUT2D eigenvalue weighted by Crippen LogP contribution is 2.39.